The van der Waals surface area contributed by atoms with Crippen molar-refractivity contribution >= 4 is 17.0 Å². The van der Waals surface area contributed by atoms with Gasteiger partial charge in [0, 0.05) is 19.8 Å². The van der Waals surface area contributed by atoms with Gasteiger partial charge in [0.1, 0.15) is 0 Å². The molecule has 3 heteroatoms. The largest absolute Gasteiger partial charge is 0.378 e. The maximum absolute atomic E-state index is 3.54. The lowest BCUT2D eigenvalue weighted by atomic mass is 10.0. The van der Waals surface area contributed by atoms with Crippen molar-refractivity contribution in [1.29, 1.82) is 0 Å². The molecule has 96 valence electrons. The summed E-state index contributed by atoms with van der Waals surface area (Å²) < 4.78 is 0. The van der Waals surface area contributed by atoms with Gasteiger partial charge in [-0.05, 0) is 46.6 Å². The molecule has 0 bridgehead atoms. The zero-order valence-electron chi connectivity index (χ0n) is 11.2. The van der Waals surface area contributed by atoms with E-state index in [0.717, 1.165) is 6.54 Å². The summed E-state index contributed by atoms with van der Waals surface area (Å²) in [5.41, 5.74) is 3.90. The standard InChI is InChI=1S/C15H20N2S/c1-4-16-15(13-9-10-18-11-13)12-5-7-14(8-6-12)17(2)3/h5-11,15-16H,4H2,1-3H3. The fraction of sp³-hybridized carbons (Fsp3) is 0.333. The van der Waals surface area contributed by atoms with Crippen LogP contribution in [-0.2, 0) is 0 Å². The van der Waals surface area contributed by atoms with E-state index in [9.17, 15) is 0 Å². The molecular weight excluding hydrogens is 240 g/mol. The smallest absolute Gasteiger partial charge is 0.0584 e. The molecule has 0 spiro atoms. The Morgan fingerprint density at radius 1 is 1.11 bits per heavy atom. The van der Waals surface area contributed by atoms with Gasteiger partial charge in [-0.25, -0.2) is 0 Å². The van der Waals surface area contributed by atoms with Crippen LogP contribution in [0.15, 0.2) is 41.1 Å². The Hall–Kier alpha value is -1.32. The van der Waals surface area contributed by atoms with Crippen molar-refractivity contribution in [3.05, 3.63) is 52.2 Å². The van der Waals surface area contributed by atoms with E-state index >= 15 is 0 Å². The van der Waals surface area contributed by atoms with E-state index in [1.807, 2.05) is 0 Å². The lowest BCUT2D eigenvalue weighted by molar-refractivity contribution is 0.632. The summed E-state index contributed by atoms with van der Waals surface area (Å²) >= 11 is 1.75. The summed E-state index contributed by atoms with van der Waals surface area (Å²) in [4.78, 5) is 2.12. The molecule has 2 aromatic rings. The van der Waals surface area contributed by atoms with Gasteiger partial charge in [-0.3, -0.25) is 0 Å². The average molecular weight is 260 g/mol. The molecule has 0 fully saturated rings. The Labute approximate surface area is 113 Å². The van der Waals surface area contributed by atoms with Crippen molar-refractivity contribution in [2.24, 2.45) is 0 Å². The van der Waals surface area contributed by atoms with Crippen LogP contribution < -0.4 is 10.2 Å². The number of thiophene rings is 1. The quantitative estimate of drug-likeness (QED) is 0.885. The minimum atomic E-state index is 0.303. The predicted octanol–water partition coefficient (Wildman–Crippen LogP) is 3.51. The molecule has 1 atom stereocenters. The average Bonchev–Trinajstić information content (AvgIpc) is 2.90. The van der Waals surface area contributed by atoms with E-state index in [2.05, 4.69) is 72.3 Å². The van der Waals surface area contributed by atoms with Crippen LogP contribution in [0.25, 0.3) is 0 Å². The van der Waals surface area contributed by atoms with Crippen molar-refractivity contribution in [3.8, 4) is 0 Å². The number of hydrogen-bond donors (Lipinski definition) is 1. The highest BCUT2D eigenvalue weighted by Crippen LogP contribution is 2.25. The van der Waals surface area contributed by atoms with E-state index in [1.165, 1.54) is 16.8 Å². The van der Waals surface area contributed by atoms with Gasteiger partial charge < -0.3 is 10.2 Å². The highest BCUT2D eigenvalue weighted by molar-refractivity contribution is 7.08. The van der Waals surface area contributed by atoms with Gasteiger partial charge in [-0.2, -0.15) is 11.3 Å². The van der Waals surface area contributed by atoms with Gasteiger partial charge in [0.25, 0.3) is 0 Å². The summed E-state index contributed by atoms with van der Waals surface area (Å²) in [6.45, 7) is 3.11. The molecule has 1 aromatic carbocycles. The summed E-state index contributed by atoms with van der Waals surface area (Å²) in [5.74, 6) is 0. The van der Waals surface area contributed by atoms with Crippen LogP contribution in [0.4, 0.5) is 5.69 Å². The van der Waals surface area contributed by atoms with E-state index in [1.54, 1.807) is 11.3 Å². The number of hydrogen-bond acceptors (Lipinski definition) is 3. The van der Waals surface area contributed by atoms with Gasteiger partial charge in [0.15, 0.2) is 0 Å². The van der Waals surface area contributed by atoms with Crippen LogP contribution in [0.5, 0.6) is 0 Å². The Morgan fingerprint density at radius 2 is 1.83 bits per heavy atom. The fourth-order valence-corrected chi connectivity index (χ4v) is 2.72. The van der Waals surface area contributed by atoms with Crippen LogP contribution in [0.1, 0.15) is 24.1 Å². The zero-order chi connectivity index (χ0) is 13.0. The van der Waals surface area contributed by atoms with Crippen LogP contribution in [-0.4, -0.2) is 20.6 Å². The first-order chi connectivity index (χ1) is 8.72. The minimum Gasteiger partial charge on any atom is -0.378 e. The maximum Gasteiger partial charge on any atom is 0.0584 e. The molecule has 0 saturated heterocycles. The SMILES string of the molecule is CCNC(c1ccc(N(C)C)cc1)c1ccsc1. The van der Waals surface area contributed by atoms with Crippen molar-refractivity contribution < 1.29 is 0 Å². The third-order valence-corrected chi connectivity index (χ3v) is 3.73. The molecule has 0 amide bonds. The Kier molecular flexibility index (Phi) is 4.39. The first-order valence-corrected chi connectivity index (χ1v) is 7.19. The van der Waals surface area contributed by atoms with Crippen LogP contribution in [0.3, 0.4) is 0 Å². The lowest BCUT2D eigenvalue weighted by Gasteiger charge is -2.19. The summed E-state index contributed by atoms with van der Waals surface area (Å²) in [6.07, 6.45) is 0. The third-order valence-electron chi connectivity index (χ3n) is 3.03. The molecule has 0 aliphatic carbocycles. The molecule has 0 aliphatic rings. The van der Waals surface area contributed by atoms with Crippen molar-refractivity contribution in [2.45, 2.75) is 13.0 Å². The maximum atomic E-state index is 3.54. The predicted molar refractivity (Wildman–Crippen MR) is 80.6 cm³/mol. The van der Waals surface area contributed by atoms with E-state index < -0.39 is 0 Å². The van der Waals surface area contributed by atoms with Crippen molar-refractivity contribution in [1.82, 2.24) is 5.32 Å². The first kappa shape index (κ1) is 13.1. The molecular formula is C15H20N2S. The van der Waals surface area contributed by atoms with E-state index in [-0.39, 0.29) is 0 Å². The van der Waals surface area contributed by atoms with Gasteiger partial charge in [0.2, 0.25) is 0 Å². The second-order valence-electron chi connectivity index (χ2n) is 4.53. The number of rotatable bonds is 5. The second-order valence-corrected chi connectivity index (χ2v) is 5.31. The minimum absolute atomic E-state index is 0.303. The van der Waals surface area contributed by atoms with E-state index in [4.69, 9.17) is 0 Å². The highest BCUT2D eigenvalue weighted by Gasteiger charge is 2.13. The Morgan fingerprint density at radius 3 is 2.33 bits per heavy atom. The highest BCUT2D eigenvalue weighted by atomic mass is 32.1. The second kappa shape index (κ2) is 6.03. The summed E-state index contributed by atoms with van der Waals surface area (Å²) in [5, 5.41) is 7.89. The van der Waals surface area contributed by atoms with Gasteiger partial charge in [-0.15, -0.1) is 0 Å². The number of nitrogens with one attached hydrogen (secondary N) is 1. The first-order valence-electron chi connectivity index (χ1n) is 6.25. The number of anilines is 1. The molecule has 1 N–H and O–H groups in total. The summed E-state index contributed by atoms with van der Waals surface area (Å²) in [6, 6.07) is 11.3. The molecule has 1 heterocycles. The van der Waals surface area contributed by atoms with E-state index in [0.29, 0.717) is 6.04 Å². The lowest BCUT2D eigenvalue weighted by Crippen LogP contribution is -2.21. The molecule has 2 nitrogen and oxygen atoms in total. The van der Waals surface area contributed by atoms with Crippen molar-refractivity contribution in [3.63, 3.8) is 0 Å². The number of nitrogens with zero attached hydrogens (tertiary/aromatic N) is 1. The normalized spacial score (nSPS) is 12.4. The monoisotopic (exact) mass is 260 g/mol. The molecule has 2 rings (SSSR count). The molecule has 0 radical (unpaired) electrons. The molecule has 0 saturated carbocycles. The van der Waals surface area contributed by atoms with Gasteiger partial charge in [0.05, 0.1) is 6.04 Å². The topological polar surface area (TPSA) is 15.3 Å². The number of benzene rings is 1. The van der Waals surface area contributed by atoms with Crippen LogP contribution in [0, 0.1) is 0 Å². The zero-order valence-corrected chi connectivity index (χ0v) is 12.0. The third kappa shape index (κ3) is 2.92. The molecule has 1 aromatic heterocycles. The van der Waals surface area contributed by atoms with Gasteiger partial charge in [-0.1, -0.05) is 19.1 Å². The molecule has 18 heavy (non-hydrogen) atoms. The summed E-state index contributed by atoms with van der Waals surface area (Å²) in [7, 11) is 4.13. The van der Waals surface area contributed by atoms with Crippen LogP contribution >= 0.6 is 11.3 Å². The van der Waals surface area contributed by atoms with Crippen LogP contribution in [0.2, 0.25) is 0 Å². The Bertz CT molecular complexity index is 460. The van der Waals surface area contributed by atoms with Crippen molar-refractivity contribution in [2.75, 3.05) is 25.5 Å². The molecule has 0 aliphatic heterocycles. The van der Waals surface area contributed by atoms with Gasteiger partial charge >= 0.3 is 0 Å². The molecule has 1 unspecified atom stereocenters. The Balaban J connectivity index is 2.26. The fourth-order valence-electron chi connectivity index (χ4n) is 2.04.